The molecule has 0 saturated carbocycles. The second-order valence-corrected chi connectivity index (χ2v) is 4.89. The van der Waals surface area contributed by atoms with E-state index >= 15 is 0 Å². The summed E-state index contributed by atoms with van der Waals surface area (Å²) in [6.45, 7) is 7.98. The Morgan fingerprint density at radius 3 is 2.57 bits per heavy atom. The van der Waals surface area contributed by atoms with Crippen LogP contribution in [0.25, 0.3) is 4.85 Å². The minimum Gasteiger partial charge on any atom is -0.503 e. The van der Waals surface area contributed by atoms with E-state index in [1.807, 2.05) is 36.4 Å². The third-order valence-electron chi connectivity index (χ3n) is 3.19. The SMILES string of the molecule is [C-]#[N+]c1ccccc1OCCN(C)C(=O)OCc1ccccc1. The van der Waals surface area contributed by atoms with E-state index in [4.69, 9.17) is 16.0 Å². The minimum atomic E-state index is -0.407. The molecular weight excluding hydrogens is 292 g/mol. The lowest BCUT2D eigenvalue weighted by Crippen LogP contribution is -2.31. The molecule has 0 saturated heterocycles. The van der Waals surface area contributed by atoms with Gasteiger partial charge in [0.05, 0.1) is 13.1 Å². The average molecular weight is 310 g/mol. The maximum Gasteiger partial charge on any atom is 0.409 e. The molecule has 0 heterocycles. The van der Waals surface area contributed by atoms with Crippen LogP contribution in [-0.4, -0.2) is 31.2 Å². The molecule has 0 aliphatic heterocycles. The van der Waals surface area contributed by atoms with Gasteiger partial charge in [-0.2, -0.15) is 0 Å². The lowest BCUT2D eigenvalue weighted by molar-refractivity contribution is 0.0995. The molecule has 23 heavy (non-hydrogen) atoms. The molecule has 0 bridgehead atoms. The molecule has 0 N–H and O–H groups in total. The van der Waals surface area contributed by atoms with Gasteiger partial charge in [0.1, 0.15) is 19.0 Å². The van der Waals surface area contributed by atoms with Crippen LogP contribution in [0.15, 0.2) is 54.6 Å². The summed E-state index contributed by atoms with van der Waals surface area (Å²) in [5.41, 5.74) is 1.40. The number of amides is 1. The van der Waals surface area contributed by atoms with Crippen molar-refractivity contribution in [2.75, 3.05) is 20.2 Å². The number of para-hydroxylation sites is 2. The van der Waals surface area contributed by atoms with Gasteiger partial charge in [-0.05, 0) is 11.6 Å². The number of nitrogens with zero attached hydrogens (tertiary/aromatic N) is 2. The molecule has 2 rings (SSSR count). The van der Waals surface area contributed by atoms with Gasteiger partial charge in [-0.3, -0.25) is 0 Å². The summed E-state index contributed by atoms with van der Waals surface area (Å²) < 4.78 is 10.8. The Labute approximate surface area is 135 Å². The highest BCUT2D eigenvalue weighted by Gasteiger charge is 2.10. The smallest absolute Gasteiger partial charge is 0.409 e. The number of hydrogen-bond acceptors (Lipinski definition) is 3. The van der Waals surface area contributed by atoms with Crippen molar-refractivity contribution in [1.82, 2.24) is 4.90 Å². The molecule has 0 spiro atoms. The zero-order valence-corrected chi connectivity index (χ0v) is 12.9. The average Bonchev–Trinajstić information content (AvgIpc) is 2.60. The van der Waals surface area contributed by atoms with E-state index in [0.29, 0.717) is 24.6 Å². The first-order valence-electron chi connectivity index (χ1n) is 7.22. The van der Waals surface area contributed by atoms with Crippen molar-refractivity contribution >= 4 is 11.8 Å². The molecule has 0 atom stereocenters. The Balaban J connectivity index is 1.75. The number of hydrogen-bond donors (Lipinski definition) is 0. The van der Waals surface area contributed by atoms with Crippen LogP contribution in [0.4, 0.5) is 10.5 Å². The minimum absolute atomic E-state index is 0.241. The van der Waals surface area contributed by atoms with Gasteiger partial charge in [-0.15, -0.1) is 0 Å². The van der Waals surface area contributed by atoms with E-state index < -0.39 is 6.09 Å². The molecule has 0 aromatic heterocycles. The van der Waals surface area contributed by atoms with Crippen molar-refractivity contribution in [3.63, 3.8) is 0 Å². The topological polar surface area (TPSA) is 43.1 Å². The zero-order valence-electron chi connectivity index (χ0n) is 12.9. The van der Waals surface area contributed by atoms with E-state index in [1.165, 1.54) is 4.90 Å². The number of carbonyl (C=O) groups excluding carboxylic acids is 1. The second kappa shape index (κ2) is 8.44. The lowest BCUT2D eigenvalue weighted by atomic mass is 10.2. The lowest BCUT2D eigenvalue weighted by Gasteiger charge is -2.17. The van der Waals surface area contributed by atoms with E-state index in [2.05, 4.69) is 4.85 Å². The summed E-state index contributed by atoms with van der Waals surface area (Å²) in [6.07, 6.45) is -0.407. The molecule has 0 unspecified atom stereocenters. The van der Waals surface area contributed by atoms with Gasteiger partial charge in [-0.25, -0.2) is 9.64 Å². The Hall–Kier alpha value is -3.00. The summed E-state index contributed by atoms with van der Waals surface area (Å²) in [7, 11) is 1.65. The predicted molar refractivity (Wildman–Crippen MR) is 87.5 cm³/mol. The van der Waals surface area contributed by atoms with Crippen molar-refractivity contribution in [3.8, 4) is 5.75 Å². The summed E-state index contributed by atoms with van der Waals surface area (Å²) in [5.74, 6) is 0.522. The first-order valence-corrected chi connectivity index (χ1v) is 7.22. The third kappa shape index (κ3) is 5.04. The molecule has 5 heteroatoms. The number of benzene rings is 2. The fraction of sp³-hybridized carbons (Fsp3) is 0.222. The highest BCUT2D eigenvalue weighted by atomic mass is 16.6. The Kier molecular flexibility index (Phi) is 6.01. The van der Waals surface area contributed by atoms with Gasteiger partial charge in [-0.1, -0.05) is 48.5 Å². The van der Waals surface area contributed by atoms with Gasteiger partial charge >= 0.3 is 6.09 Å². The largest absolute Gasteiger partial charge is 0.503 e. The summed E-state index contributed by atoms with van der Waals surface area (Å²) in [5, 5.41) is 0. The Morgan fingerprint density at radius 1 is 1.13 bits per heavy atom. The van der Waals surface area contributed by atoms with Crippen molar-refractivity contribution in [1.29, 1.82) is 0 Å². The van der Waals surface area contributed by atoms with E-state index in [1.54, 1.807) is 25.2 Å². The number of carbonyl (C=O) groups is 1. The molecule has 118 valence electrons. The normalized spacial score (nSPS) is 9.74. The van der Waals surface area contributed by atoms with Crippen LogP contribution < -0.4 is 4.74 Å². The molecule has 2 aromatic carbocycles. The van der Waals surface area contributed by atoms with Gasteiger partial charge in [0.2, 0.25) is 5.69 Å². The standard InChI is InChI=1S/C18H18N2O3/c1-19-16-10-6-7-11-17(16)22-13-12-20(2)18(21)23-14-15-8-4-3-5-9-15/h3-11H,12-14H2,2H3. The predicted octanol–water partition coefficient (Wildman–Crippen LogP) is 3.88. The van der Waals surface area contributed by atoms with Crippen molar-refractivity contribution < 1.29 is 14.3 Å². The molecule has 0 aliphatic carbocycles. The van der Waals surface area contributed by atoms with Crippen LogP contribution >= 0.6 is 0 Å². The number of likely N-dealkylation sites (N-methyl/N-ethyl adjacent to an activating group) is 1. The molecule has 0 radical (unpaired) electrons. The van der Waals surface area contributed by atoms with Crippen molar-refractivity contribution in [2.24, 2.45) is 0 Å². The van der Waals surface area contributed by atoms with Gasteiger partial charge in [0.25, 0.3) is 0 Å². The fourth-order valence-electron chi connectivity index (χ4n) is 1.88. The second-order valence-electron chi connectivity index (χ2n) is 4.89. The molecule has 0 fully saturated rings. The van der Waals surface area contributed by atoms with Crippen LogP contribution in [0.2, 0.25) is 0 Å². The number of ether oxygens (including phenoxy) is 2. The van der Waals surface area contributed by atoms with Crippen LogP contribution in [0.5, 0.6) is 5.75 Å². The number of rotatable bonds is 6. The first-order chi connectivity index (χ1) is 11.2. The highest BCUT2D eigenvalue weighted by Crippen LogP contribution is 2.26. The van der Waals surface area contributed by atoms with E-state index in [0.717, 1.165) is 5.56 Å². The Bertz CT molecular complexity index is 680. The van der Waals surface area contributed by atoms with Gasteiger partial charge in [0, 0.05) is 7.05 Å². The molecule has 2 aromatic rings. The van der Waals surface area contributed by atoms with E-state index in [9.17, 15) is 4.79 Å². The summed E-state index contributed by atoms with van der Waals surface area (Å²) >= 11 is 0. The molecule has 5 nitrogen and oxygen atoms in total. The van der Waals surface area contributed by atoms with Crippen molar-refractivity contribution in [3.05, 3.63) is 71.6 Å². The van der Waals surface area contributed by atoms with Crippen molar-refractivity contribution in [2.45, 2.75) is 6.61 Å². The summed E-state index contributed by atoms with van der Waals surface area (Å²) in [4.78, 5) is 16.7. The quantitative estimate of drug-likeness (QED) is 0.760. The molecule has 1 amide bonds. The van der Waals surface area contributed by atoms with Crippen LogP contribution in [0.1, 0.15) is 5.56 Å². The third-order valence-corrected chi connectivity index (χ3v) is 3.19. The maximum atomic E-state index is 11.9. The highest BCUT2D eigenvalue weighted by molar-refractivity contribution is 5.67. The van der Waals surface area contributed by atoms with Crippen LogP contribution in [0.3, 0.4) is 0 Å². The van der Waals surface area contributed by atoms with Gasteiger partial charge in [0.15, 0.2) is 0 Å². The molecular formula is C18H18N2O3. The monoisotopic (exact) mass is 310 g/mol. The maximum absolute atomic E-state index is 11.9. The molecule has 0 aliphatic rings. The summed E-state index contributed by atoms with van der Waals surface area (Å²) in [6, 6.07) is 16.5. The van der Waals surface area contributed by atoms with E-state index in [-0.39, 0.29) is 6.61 Å². The van der Waals surface area contributed by atoms with Crippen LogP contribution in [0, 0.1) is 6.57 Å². The van der Waals surface area contributed by atoms with Gasteiger partial charge < -0.3 is 14.4 Å². The Morgan fingerprint density at radius 2 is 1.83 bits per heavy atom. The van der Waals surface area contributed by atoms with Crippen LogP contribution in [-0.2, 0) is 11.3 Å². The zero-order chi connectivity index (χ0) is 16.5. The fourth-order valence-corrected chi connectivity index (χ4v) is 1.88. The first kappa shape index (κ1) is 16.4.